The Bertz CT molecular complexity index is 1070. The summed E-state index contributed by atoms with van der Waals surface area (Å²) in [6.07, 6.45) is 6.10. The number of anilines is 1. The Labute approximate surface area is 179 Å². The van der Waals surface area contributed by atoms with Crippen LogP contribution in [0, 0.1) is 0 Å². The van der Waals surface area contributed by atoms with Gasteiger partial charge in [0.2, 0.25) is 0 Å². The van der Waals surface area contributed by atoms with Crippen molar-refractivity contribution in [2.24, 2.45) is 0 Å². The van der Waals surface area contributed by atoms with Crippen LogP contribution in [-0.2, 0) is 12.3 Å². The lowest BCUT2D eigenvalue weighted by Crippen LogP contribution is -2.21. The number of carbonyl (C=O) groups excluding carboxylic acids is 1. The van der Waals surface area contributed by atoms with E-state index in [9.17, 15) is 14.3 Å². The fourth-order valence-corrected chi connectivity index (χ4v) is 5.15. The van der Waals surface area contributed by atoms with Gasteiger partial charge in [0.15, 0.2) is 0 Å². The molecule has 0 aliphatic heterocycles. The van der Waals surface area contributed by atoms with Crippen molar-refractivity contribution in [2.75, 3.05) is 5.32 Å². The highest BCUT2D eigenvalue weighted by atomic mass is 32.1. The van der Waals surface area contributed by atoms with Gasteiger partial charge in [-0.15, -0.1) is 11.3 Å². The number of pyridine rings is 1. The maximum absolute atomic E-state index is 12.9. The van der Waals surface area contributed by atoms with Crippen LogP contribution in [0.15, 0.2) is 30.3 Å². The molecule has 2 heterocycles. The first-order chi connectivity index (χ1) is 14.3. The first-order valence-electron chi connectivity index (χ1n) is 10.4. The molecular weight excluding hydrogens is 401 g/mol. The first-order valence-corrected chi connectivity index (χ1v) is 11.2. The lowest BCUT2D eigenvalue weighted by molar-refractivity contribution is 0.0794. The Hall–Kier alpha value is -2.38. The van der Waals surface area contributed by atoms with Crippen LogP contribution in [0.5, 0.6) is 0 Å². The summed E-state index contributed by atoms with van der Waals surface area (Å²) < 4.78 is 13.9. The highest BCUT2D eigenvalue weighted by Gasteiger charge is 2.25. The molecule has 1 aromatic carbocycles. The molecule has 1 fully saturated rings. The van der Waals surface area contributed by atoms with Gasteiger partial charge in [-0.3, -0.25) is 4.79 Å². The molecule has 5 nitrogen and oxygen atoms in total. The van der Waals surface area contributed by atoms with E-state index in [1.807, 2.05) is 12.1 Å². The molecule has 0 unspecified atom stereocenters. The molecule has 1 saturated carbocycles. The SMILES string of the molecule is CC(C)(O)c1cc2nc(C3CCCCC3)sc2cc1NC(=O)c1cccc(CF)n1. The summed E-state index contributed by atoms with van der Waals surface area (Å²) >= 11 is 1.66. The van der Waals surface area contributed by atoms with Gasteiger partial charge in [0.1, 0.15) is 12.4 Å². The number of rotatable bonds is 5. The van der Waals surface area contributed by atoms with Gasteiger partial charge in [-0.1, -0.05) is 25.3 Å². The number of nitrogens with zero attached hydrogens (tertiary/aromatic N) is 2. The Kier molecular flexibility index (Phi) is 5.84. The van der Waals surface area contributed by atoms with Gasteiger partial charge in [-0.25, -0.2) is 14.4 Å². The summed E-state index contributed by atoms with van der Waals surface area (Å²) in [4.78, 5) is 21.7. The van der Waals surface area contributed by atoms with Crippen molar-refractivity contribution in [2.45, 2.75) is 64.1 Å². The monoisotopic (exact) mass is 427 g/mol. The average Bonchev–Trinajstić information content (AvgIpc) is 3.16. The zero-order valence-electron chi connectivity index (χ0n) is 17.2. The van der Waals surface area contributed by atoms with Crippen LogP contribution in [0.2, 0.25) is 0 Å². The number of alkyl halides is 1. The van der Waals surface area contributed by atoms with Crippen molar-refractivity contribution < 1.29 is 14.3 Å². The molecule has 1 aliphatic rings. The van der Waals surface area contributed by atoms with E-state index in [0.717, 1.165) is 15.2 Å². The molecule has 0 saturated heterocycles. The number of aliphatic hydroxyl groups is 1. The summed E-state index contributed by atoms with van der Waals surface area (Å²) in [6.45, 7) is 2.63. The van der Waals surface area contributed by atoms with E-state index in [2.05, 4.69) is 10.3 Å². The van der Waals surface area contributed by atoms with Gasteiger partial charge in [0.25, 0.3) is 5.91 Å². The van der Waals surface area contributed by atoms with Gasteiger partial charge in [-0.2, -0.15) is 0 Å². The Morgan fingerprint density at radius 1 is 1.23 bits per heavy atom. The lowest BCUT2D eigenvalue weighted by atomic mass is 9.90. The third kappa shape index (κ3) is 4.37. The molecule has 1 aliphatic carbocycles. The van der Waals surface area contributed by atoms with Crippen LogP contribution in [-0.4, -0.2) is 21.0 Å². The second-order valence-electron chi connectivity index (χ2n) is 8.41. The number of thiazole rings is 1. The number of hydrogen-bond acceptors (Lipinski definition) is 5. The topological polar surface area (TPSA) is 75.1 Å². The number of amides is 1. The van der Waals surface area contributed by atoms with E-state index < -0.39 is 18.2 Å². The molecule has 1 amide bonds. The normalized spacial score (nSPS) is 15.5. The number of benzene rings is 1. The van der Waals surface area contributed by atoms with Gasteiger partial charge in [0, 0.05) is 17.2 Å². The number of nitrogens with one attached hydrogen (secondary N) is 1. The highest BCUT2D eigenvalue weighted by Crippen LogP contribution is 2.39. The van der Waals surface area contributed by atoms with Gasteiger partial charge < -0.3 is 10.4 Å². The molecule has 0 spiro atoms. The lowest BCUT2D eigenvalue weighted by Gasteiger charge is -2.22. The minimum atomic E-state index is -1.17. The molecule has 0 radical (unpaired) electrons. The second-order valence-corrected chi connectivity index (χ2v) is 9.48. The number of fused-ring (bicyclic) bond motifs is 1. The summed E-state index contributed by atoms with van der Waals surface area (Å²) in [5.41, 5.74) is 1.13. The Balaban J connectivity index is 1.70. The van der Waals surface area contributed by atoms with Crippen LogP contribution in [0.3, 0.4) is 0 Å². The van der Waals surface area contributed by atoms with Crippen molar-refractivity contribution in [3.8, 4) is 0 Å². The number of aromatic nitrogens is 2. The predicted octanol–water partition coefficient (Wildman–Crippen LogP) is 5.69. The van der Waals surface area contributed by atoms with E-state index in [1.54, 1.807) is 37.3 Å². The fourth-order valence-electron chi connectivity index (χ4n) is 3.99. The molecular formula is C23H26FN3O2S. The fraction of sp³-hybridized carbons (Fsp3) is 0.435. The minimum absolute atomic E-state index is 0.138. The maximum Gasteiger partial charge on any atom is 0.274 e. The van der Waals surface area contributed by atoms with Crippen LogP contribution in [0.4, 0.5) is 10.1 Å². The molecule has 158 valence electrons. The van der Waals surface area contributed by atoms with Crippen LogP contribution in [0.25, 0.3) is 10.2 Å². The minimum Gasteiger partial charge on any atom is -0.386 e. The average molecular weight is 428 g/mol. The molecule has 3 aromatic rings. The zero-order valence-corrected chi connectivity index (χ0v) is 18.1. The third-order valence-electron chi connectivity index (χ3n) is 5.58. The van der Waals surface area contributed by atoms with Crippen molar-refractivity contribution in [1.29, 1.82) is 0 Å². The van der Waals surface area contributed by atoms with Gasteiger partial charge in [-0.05, 0) is 51.0 Å². The summed E-state index contributed by atoms with van der Waals surface area (Å²) in [5.74, 6) is 0.0552. The Morgan fingerprint density at radius 2 is 2.00 bits per heavy atom. The molecule has 2 N–H and O–H groups in total. The molecule has 2 aromatic heterocycles. The summed E-state index contributed by atoms with van der Waals surface area (Å²) in [6, 6.07) is 8.43. The molecule has 4 rings (SSSR count). The van der Waals surface area contributed by atoms with Gasteiger partial charge >= 0.3 is 0 Å². The largest absolute Gasteiger partial charge is 0.386 e. The quantitative estimate of drug-likeness (QED) is 0.549. The number of hydrogen-bond donors (Lipinski definition) is 2. The Morgan fingerprint density at radius 3 is 2.70 bits per heavy atom. The first kappa shape index (κ1) is 20.9. The predicted molar refractivity (Wildman–Crippen MR) is 118 cm³/mol. The van der Waals surface area contributed by atoms with Crippen molar-refractivity contribution >= 4 is 33.1 Å². The second kappa shape index (κ2) is 8.40. The standard InChI is InChI=1S/C23H26FN3O2S/c1-23(2,29)16-11-19-20(30-22(27-19)14-7-4-3-5-8-14)12-18(16)26-21(28)17-10-6-9-15(13-24)25-17/h6,9-12,14,29H,3-5,7-8,13H2,1-2H3,(H,26,28). The van der Waals surface area contributed by atoms with Crippen molar-refractivity contribution in [1.82, 2.24) is 9.97 Å². The van der Waals surface area contributed by atoms with Gasteiger partial charge in [0.05, 0.1) is 26.5 Å². The third-order valence-corrected chi connectivity index (χ3v) is 6.76. The molecule has 0 atom stereocenters. The van der Waals surface area contributed by atoms with Crippen LogP contribution < -0.4 is 5.32 Å². The number of carbonyl (C=O) groups is 1. The summed E-state index contributed by atoms with van der Waals surface area (Å²) in [7, 11) is 0. The smallest absolute Gasteiger partial charge is 0.274 e. The van der Waals surface area contributed by atoms with Crippen LogP contribution in [0.1, 0.15) is 78.6 Å². The van der Waals surface area contributed by atoms with Crippen molar-refractivity contribution in [3.63, 3.8) is 0 Å². The molecule has 30 heavy (non-hydrogen) atoms. The zero-order chi connectivity index (χ0) is 21.3. The van der Waals surface area contributed by atoms with E-state index in [-0.39, 0.29) is 11.4 Å². The number of halogens is 1. The highest BCUT2D eigenvalue weighted by molar-refractivity contribution is 7.18. The molecule has 7 heteroatoms. The van der Waals surface area contributed by atoms with Crippen molar-refractivity contribution in [3.05, 3.63) is 52.3 Å². The van der Waals surface area contributed by atoms with E-state index in [4.69, 9.17) is 4.98 Å². The molecule has 0 bridgehead atoms. The maximum atomic E-state index is 12.9. The van der Waals surface area contributed by atoms with E-state index in [0.29, 0.717) is 17.2 Å². The summed E-state index contributed by atoms with van der Waals surface area (Å²) in [5, 5.41) is 14.7. The van der Waals surface area contributed by atoms with E-state index >= 15 is 0 Å². The van der Waals surface area contributed by atoms with Crippen LogP contribution >= 0.6 is 11.3 Å². The van der Waals surface area contributed by atoms with E-state index in [1.165, 1.54) is 38.2 Å².